The SMILES string of the molecule is Cc1noc(C)c1C(C)(C)C(O)C(=O)O. The molecule has 1 unspecified atom stereocenters. The van der Waals surface area contributed by atoms with Crippen LogP contribution in [0.2, 0.25) is 0 Å². The van der Waals surface area contributed by atoms with E-state index >= 15 is 0 Å². The Morgan fingerprint density at radius 1 is 1.47 bits per heavy atom. The topological polar surface area (TPSA) is 83.6 Å². The molecule has 1 aromatic rings. The van der Waals surface area contributed by atoms with Crippen LogP contribution in [0, 0.1) is 13.8 Å². The zero-order chi connectivity index (χ0) is 11.8. The van der Waals surface area contributed by atoms with E-state index in [1.807, 2.05) is 0 Å². The lowest BCUT2D eigenvalue weighted by Crippen LogP contribution is -2.40. The van der Waals surface area contributed by atoms with Gasteiger partial charge in [-0.3, -0.25) is 0 Å². The van der Waals surface area contributed by atoms with Crippen LogP contribution in [0.15, 0.2) is 4.52 Å². The molecule has 0 aliphatic rings. The quantitative estimate of drug-likeness (QED) is 0.783. The molecule has 0 radical (unpaired) electrons. The van der Waals surface area contributed by atoms with E-state index in [1.165, 1.54) is 0 Å². The summed E-state index contributed by atoms with van der Waals surface area (Å²) < 4.78 is 4.96. The summed E-state index contributed by atoms with van der Waals surface area (Å²) in [5.74, 6) is -0.710. The van der Waals surface area contributed by atoms with E-state index in [0.717, 1.165) is 0 Å². The average Bonchev–Trinajstić information content (AvgIpc) is 2.44. The van der Waals surface area contributed by atoms with Crippen molar-refractivity contribution in [3.63, 3.8) is 0 Å². The lowest BCUT2D eigenvalue weighted by molar-refractivity contribution is -0.150. The van der Waals surface area contributed by atoms with Gasteiger partial charge < -0.3 is 14.7 Å². The molecule has 0 amide bonds. The fourth-order valence-electron chi connectivity index (χ4n) is 1.85. The van der Waals surface area contributed by atoms with E-state index < -0.39 is 17.5 Å². The van der Waals surface area contributed by atoms with Crippen molar-refractivity contribution in [2.45, 2.75) is 39.2 Å². The molecule has 0 aromatic carbocycles. The molecular formula is C10H15NO4. The highest BCUT2D eigenvalue weighted by Gasteiger charge is 2.39. The Morgan fingerprint density at radius 3 is 2.33 bits per heavy atom. The van der Waals surface area contributed by atoms with Crippen LogP contribution >= 0.6 is 0 Å². The van der Waals surface area contributed by atoms with Crippen molar-refractivity contribution in [2.24, 2.45) is 0 Å². The van der Waals surface area contributed by atoms with Crippen molar-refractivity contribution in [3.8, 4) is 0 Å². The molecule has 2 N–H and O–H groups in total. The summed E-state index contributed by atoms with van der Waals surface area (Å²) in [6, 6.07) is 0. The number of aryl methyl sites for hydroxylation is 2. The number of carboxylic acid groups (broad SMARTS) is 1. The van der Waals surface area contributed by atoms with Crippen molar-refractivity contribution in [3.05, 3.63) is 17.0 Å². The van der Waals surface area contributed by atoms with Crippen LogP contribution in [0.5, 0.6) is 0 Å². The Morgan fingerprint density at radius 2 is 2.00 bits per heavy atom. The van der Waals surface area contributed by atoms with Gasteiger partial charge in [0.15, 0.2) is 6.10 Å². The molecule has 0 fully saturated rings. The predicted molar refractivity (Wildman–Crippen MR) is 52.6 cm³/mol. The van der Waals surface area contributed by atoms with Crippen molar-refractivity contribution >= 4 is 5.97 Å². The van der Waals surface area contributed by atoms with E-state index in [0.29, 0.717) is 17.0 Å². The maximum atomic E-state index is 10.8. The maximum Gasteiger partial charge on any atom is 0.333 e. The molecule has 0 saturated heterocycles. The second-order valence-electron chi connectivity index (χ2n) is 4.16. The van der Waals surface area contributed by atoms with Crippen LogP contribution in [-0.2, 0) is 10.2 Å². The number of nitrogens with zero attached hydrogens (tertiary/aromatic N) is 1. The summed E-state index contributed by atoms with van der Waals surface area (Å²) in [6.45, 7) is 6.73. The Labute approximate surface area is 87.7 Å². The largest absolute Gasteiger partial charge is 0.479 e. The van der Waals surface area contributed by atoms with Gasteiger partial charge in [0.05, 0.1) is 5.69 Å². The number of carbonyl (C=O) groups is 1. The van der Waals surface area contributed by atoms with Gasteiger partial charge in [0.2, 0.25) is 0 Å². The van der Waals surface area contributed by atoms with Crippen LogP contribution in [0.3, 0.4) is 0 Å². The lowest BCUT2D eigenvalue weighted by Gasteiger charge is -2.27. The second-order valence-corrected chi connectivity index (χ2v) is 4.16. The summed E-state index contributed by atoms with van der Waals surface area (Å²) >= 11 is 0. The smallest absolute Gasteiger partial charge is 0.333 e. The summed E-state index contributed by atoms with van der Waals surface area (Å²) in [4.78, 5) is 10.8. The van der Waals surface area contributed by atoms with Crippen LogP contribution < -0.4 is 0 Å². The fourth-order valence-corrected chi connectivity index (χ4v) is 1.85. The molecule has 84 valence electrons. The highest BCUT2D eigenvalue weighted by Crippen LogP contribution is 2.32. The maximum absolute atomic E-state index is 10.8. The Balaban J connectivity index is 3.21. The molecule has 0 spiro atoms. The number of aliphatic hydroxyl groups excluding tert-OH is 1. The van der Waals surface area contributed by atoms with Gasteiger partial charge in [-0.2, -0.15) is 0 Å². The van der Waals surface area contributed by atoms with Crippen molar-refractivity contribution in [1.82, 2.24) is 5.16 Å². The van der Waals surface area contributed by atoms with Gasteiger partial charge >= 0.3 is 5.97 Å². The molecule has 0 aliphatic heterocycles. The van der Waals surface area contributed by atoms with Gasteiger partial charge in [-0.05, 0) is 13.8 Å². The van der Waals surface area contributed by atoms with Gasteiger partial charge in [0, 0.05) is 11.0 Å². The van der Waals surface area contributed by atoms with E-state index in [9.17, 15) is 9.90 Å². The Kier molecular flexibility index (Phi) is 2.86. The minimum atomic E-state index is -1.48. The molecule has 1 heterocycles. The molecule has 1 atom stereocenters. The third-order valence-corrected chi connectivity index (χ3v) is 2.60. The standard InChI is InChI=1S/C10H15NO4/c1-5-7(6(2)15-11-5)10(3,4)8(12)9(13)14/h8,12H,1-4H3,(H,13,14). The van der Waals surface area contributed by atoms with Gasteiger partial charge in [0.25, 0.3) is 0 Å². The highest BCUT2D eigenvalue weighted by atomic mass is 16.5. The number of hydrogen-bond donors (Lipinski definition) is 2. The van der Waals surface area contributed by atoms with Gasteiger partial charge in [-0.15, -0.1) is 0 Å². The van der Waals surface area contributed by atoms with E-state index in [1.54, 1.807) is 27.7 Å². The summed E-state index contributed by atoms with van der Waals surface area (Å²) in [7, 11) is 0. The molecule has 0 bridgehead atoms. The van der Waals surface area contributed by atoms with Gasteiger partial charge in [-0.25, -0.2) is 4.79 Å². The number of rotatable bonds is 3. The minimum Gasteiger partial charge on any atom is -0.479 e. The normalized spacial score (nSPS) is 13.9. The lowest BCUT2D eigenvalue weighted by atomic mass is 9.78. The monoisotopic (exact) mass is 213 g/mol. The number of aliphatic hydroxyl groups is 1. The molecular weight excluding hydrogens is 198 g/mol. The van der Waals surface area contributed by atoms with Gasteiger partial charge in [-0.1, -0.05) is 19.0 Å². The molecule has 5 nitrogen and oxygen atoms in total. The molecule has 15 heavy (non-hydrogen) atoms. The third kappa shape index (κ3) is 1.87. The first-order chi connectivity index (χ1) is 6.78. The minimum absolute atomic E-state index is 0.540. The number of hydrogen-bond acceptors (Lipinski definition) is 4. The average molecular weight is 213 g/mol. The summed E-state index contributed by atoms with van der Waals surface area (Å²) in [5.41, 5.74) is 0.343. The molecule has 0 aliphatic carbocycles. The number of aromatic nitrogens is 1. The second kappa shape index (κ2) is 3.66. The van der Waals surface area contributed by atoms with Crippen LogP contribution in [0.1, 0.15) is 30.9 Å². The zero-order valence-corrected chi connectivity index (χ0v) is 9.24. The predicted octanol–water partition coefficient (Wildman–Crippen LogP) is 1.01. The van der Waals surface area contributed by atoms with Crippen molar-refractivity contribution in [2.75, 3.05) is 0 Å². The number of carboxylic acids is 1. The first kappa shape index (κ1) is 11.7. The van der Waals surface area contributed by atoms with E-state index in [2.05, 4.69) is 5.16 Å². The van der Waals surface area contributed by atoms with Gasteiger partial charge in [0.1, 0.15) is 5.76 Å². The van der Waals surface area contributed by atoms with Crippen LogP contribution in [0.25, 0.3) is 0 Å². The molecule has 1 aromatic heterocycles. The van der Waals surface area contributed by atoms with Crippen molar-refractivity contribution < 1.29 is 19.5 Å². The summed E-state index contributed by atoms with van der Waals surface area (Å²) in [5, 5.41) is 22.1. The Hall–Kier alpha value is -1.36. The summed E-state index contributed by atoms with van der Waals surface area (Å²) in [6.07, 6.45) is -1.48. The first-order valence-corrected chi connectivity index (χ1v) is 4.62. The molecule has 0 saturated carbocycles. The van der Waals surface area contributed by atoms with E-state index in [4.69, 9.17) is 9.63 Å². The molecule has 5 heteroatoms. The highest BCUT2D eigenvalue weighted by molar-refractivity contribution is 5.74. The zero-order valence-electron chi connectivity index (χ0n) is 9.24. The van der Waals surface area contributed by atoms with Crippen LogP contribution in [-0.4, -0.2) is 27.4 Å². The van der Waals surface area contributed by atoms with Crippen LogP contribution in [0.4, 0.5) is 0 Å². The molecule has 1 rings (SSSR count). The Bertz CT molecular complexity index is 361. The number of aliphatic carboxylic acids is 1. The first-order valence-electron chi connectivity index (χ1n) is 4.62. The van der Waals surface area contributed by atoms with E-state index in [-0.39, 0.29) is 0 Å². The third-order valence-electron chi connectivity index (χ3n) is 2.60. The fraction of sp³-hybridized carbons (Fsp3) is 0.600. The van der Waals surface area contributed by atoms with Crippen molar-refractivity contribution in [1.29, 1.82) is 0 Å².